The summed E-state index contributed by atoms with van der Waals surface area (Å²) in [7, 11) is 0. The summed E-state index contributed by atoms with van der Waals surface area (Å²) in [4.78, 5) is 0. The Balaban J connectivity index is 2.44. The molecule has 4 nitrogen and oxygen atoms in total. The molecule has 0 amide bonds. The molecule has 2 rings (SSSR count). The Labute approximate surface area is 93.7 Å². The Hall–Kier alpha value is -2.04. The van der Waals surface area contributed by atoms with E-state index in [4.69, 9.17) is 11.5 Å². The predicted octanol–water partition coefficient (Wildman–Crippen LogP) is 1.20. The van der Waals surface area contributed by atoms with Crippen LogP contribution in [0.2, 0.25) is 0 Å². The van der Waals surface area contributed by atoms with Crippen molar-refractivity contribution in [3.8, 4) is 0 Å². The molecule has 0 aliphatic rings. The number of nitrogens with one attached hydrogen (secondary N) is 1. The molecule has 0 heterocycles. The molecule has 2 aromatic carbocycles. The SMILES string of the molecule is Nc1ccccc1[NH+]([O-])c1ccccc1N. The highest BCUT2D eigenvalue weighted by molar-refractivity contribution is 5.63. The van der Waals surface area contributed by atoms with Crippen molar-refractivity contribution in [2.24, 2.45) is 0 Å². The molecule has 0 radical (unpaired) electrons. The Morgan fingerprint density at radius 2 is 1.12 bits per heavy atom. The van der Waals surface area contributed by atoms with Gasteiger partial charge in [0.25, 0.3) is 0 Å². The van der Waals surface area contributed by atoms with Gasteiger partial charge in [0, 0.05) is 12.1 Å². The molecule has 0 atom stereocenters. The van der Waals surface area contributed by atoms with Gasteiger partial charge in [-0.15, -0.1) is 0 Å². The number of quaternary nitrogens is 1. The lowest BCUT2D eigenvalue weighted by molar-refractivity contribution is -0.696. The second kappa shape index (κ2) is 4.22. The predicted molar refractivity (Wildman–Crippen MR) is 65.4 cm³/mol. The highest BCUT2D eigenvalue weighted by atomic mass is 16.5. The van der Waals surface area contributed by atoms with Crippen molar-refractivity contribution in [3.05, 3.63) is 53.7 Å². The lowest BCUT2D eigenvalue weighted by Gasteiger charge is -2.23. The van der Waals surface area contributed by atoms with Gasteiger partial charge in [0.2, 0.25) is 0 Å². The van der Waals surface area contributed by atoms with E-state index in [1.807, 2.05) is 0 Å². The molecule has 0 saturated carbocycles. The number of benzene rings is 2. The van der Waals surface area contributed by atoms with Crippen LogP contribution >= 0.6 is 0 Å². The summed E-state index contributed by atoms with van der Waals surface area (Å²) in [6.45, 7) is 0. The summed E-state index contributed by atoms with van der Waals surface area (Å²) in [5.41, 5.74) is 13.4. The first-order chi connectivity index (χ1) is 7.70. The van der Waals surface area contributed by atoms with E-state index in [0.717, 1.165) is 0 Å². The van der Waals surface area contributed by atoms with Crippen molar-refractivity contribution < 1.29 is 5.06 Å². The Morgan fingerprint density at radius 1 is 0.750 bits per heavy atom. The van der Waals surface area contributed by atoms with Gasteiger partial charge in [-0.1, -0.05) is 24.3 Å². The largest absolute Gasteiger partial charge is 0.623 e. The van der Waals surface area contributed by atoms with Gasteiger partial charge >= 0.3 is 0 Å². The summed E-state index contributed by atoms with van der Waals surface area (Å²) in [5, 5.41) is 12.0. The fourth-order valence-corrected chi connectivity index (χ4v) is 1.55. The molecule has 0 spiro atoms. The van der Waals surface area contributed by atoms with Gasteiger partial charge in [0.05, 0.1) is 11.4 Å². The zero-order valence-corrected chi connectivity index (χ0v) is 8.68. The summed E-state index contributed by atoms with van der Waals surface area (Å²) in [5.74, 6) is 0. The molecule has 82 valence electrons. The zero-order chi connectivity index (χ0) is 11.5. The van der Waals surface area contributed by atoms with E-state index in [0.29, 0.717) is 22.7 Å². The third kappa shape index (κ3) is 1.84. The molecule has 5 N–H and O–H groups in total. The summed E-state index contributed by atoms with van der Waals surface area (Å²) < 4.78 is 0. The number of anilines is 2. The van der Waals surface area contributed by atoms with Gasteiger partial charge in [0.1, 0.15) is 0 Å². The molecular formula is C12H13N3O. The summed E-state index contributed by atoms with van der Waals surface area (Å²) in [6.07, 6.45) is 0. The van der Waals surface area contributed by atoms with Crippen LogP contribution in [0.4, 0.5) is 22.7 Å². The van der Waals surface area contributed by atoms with E-state index in [1.165, 1.54) is 0 Å². The molecule has 0 aliphatic carbocycles. The minimum atomic E-state index is -0.142. The highest BCUT2D eigenvalue weighted by Gasteiger charge is 2.11. The number of nitrogen functional groups attached to an aromatic ring is 2. The monoisotopic (exact) mass is 215 g/mol. The van der Waals surface area contributed by atoms with Gasteiger partial charge in [-0.25, -0.2) is 0 Å². The summed E-state index contributed by atoms with van der Waals surface area (Å²) in [6, 6.07) is 13.9. The number of para-hydroxylation sites is 4. The van der Waals surface area contributed by atoms with Crippen molar-refractivity contribution in [1.82, 2.24) is 0 Å². The van der Waals surface area contributed by atoms with Crippen LogP contribution in [0.5, 0.6) is 0 Å². The maximum Gasteiger partial charge on any atom is 0.159 e. The van der Waals surface area contributed by atoms with E-state index in [9.17, 15) is 5.21 Å². The zero-order valence-electron chi connectivity index (χ0n) is 8.68. The van der Waals surface area contributed by atoms with Crippen molar-refractivity contribution in [2.45, 2.75) is 0 Å². The normalized spacial score (nSPS) is 10.6. The van der Waals surface area contributed by atoms with Gasteiger partial charge < -0.3 is 21.7 Å². The van der Waals surface area contributed by atoms with Crippen LogP contribution in [0.15, 0.2) is 48.5 Å². The van der Waals surface area contributed by atoms with Crippen molar-refractivity contribution in [1.29, 1.82) is 0 Å². The Morgan fingerprint density at radius 3 is 1.50 bits per heavy atom. The molecule has 0 aliphatic heterocycles. The van der Waals surface area contributed by atoms with Crippen LogP contribution in [-0.2, 0) is 0 Å². The lowest BCUT2D eigenvalue weighted by atomic mass is 10.2. The van der Waals surface area contributed by atoms with Crippen molar-refractivity contribution in [3.63, 3.8) is 0 Å². The fraction of sp³-hybridized carbons (Fsp3) is 0. The number of nitrogens with two attached hydrogens (primary N) is 2. The average Bonchev–Trinajstić information content (AvgIpc) is 2.29. The standard InChI is InChI=1S/C12H13N3O/c13-9-5-1-3-7-11(9)15(16)12-8-4-2-6-10(12)14/h1-8,15H,13-14H2. The molecule has 0 fully saturated rings. The van der Waals surface area contributed by atoms with E-state index >= 15 is 0 Å². The van der Waals surface area contributed by atoms with Crippen LogP contribution in [0.25, 0.3) is 0 Å². The molecule has 0 aromatic heterocycles. The molecule has 0 unspecified atom stereocenters. The second-order valence-electron chi connectivity index (χ2n) is 3.50. The Bertz CT molecular complexity index is 454. The van der Waals surface area contributed by atoms with Crippen LogP contribution in [-0.4, -0.2) is 0 Å². The minimum absolute atomic E-state index is 0.142. The third-order valence-electron chi connectivity index (χ3n) is 2.41. The first-order valence-electron chi connectivity index (χ1n) is 4.94. The smallest absolute Gasteiger partial charge is 0.159 e. The van der Waals surface area contributed by atoms with Crippen LogP contribution < -0.4 is 16.5 Å². The van der Waals surface area contributed by atoms with Gasteiger partial charge in [-0.05, 0) is 12.1 Å². The summed E-state index contributed by atoms with van der Waals surface area (Å²) >= 11 is 0. The van der Waals surface area contributed by atoms with Gasteiger partial charge in [0.15, 0.2) is 11.4 Å². The number of hydrogen-bond acceptors (Lipinski definition) is 3. The highest BCUT2D eigenvalue weighted by Crippen LogP contribution is 2.18. The minimum Gasteiger partial charge on any atom is -0.623 e. The topological polar surface area (TPSA) is 79.5 Å². The first-order valence-corrected chi connectivity index (χ1v) is 4.94. The van der Waals surface area contributed by atoms with Crippen molar-refractivity contribution in [2.75, 3.05) is 11.5 Å². The second-order valence-corrected chi connectivity index (χ2v) is 3.50. The van der Waals surface area contributed by atoms with Crippen molar-refractivity contribution >= 4 is 22.7 Å². The quantitative estimate of drug-likeness (QED) is 0.520. The van der Waals surface area contributed by atoms with Crippen LogP contribution in [0.3, 0.4) is 0 Å². The van der Waals surface area contributed by atoms with Crippen LogP contribution in [0.1, 0.15) is 0 Å². The molecule has 0 saturated heterocycles. The Kier molecular flexibility index (Phi) is 2.76. The van der Waals surface area contributed by atoms with E-state index < -0.39 is 0 Å². The molecular weight excluding hydrogens is 202 g/mol. The van der Waals surface area contributed by atoms with Gasteiger partial charge in [-0.2, -0.15) is 0 Å². The fourth-order valence-electron chi connectivity index (χ4n) is 1.55. The lowest BCUT2D eigenvalue weighted by Crippen LogP contribution is -2.96. The van der Waals surface area contributed by atoms with Gasteiger partial charge in [-0.3, -0.25) is 0 Å². The van der Waals surface area contributed by atoms with E-state index in [2.05, 4.69) is 0 Å². The van der Waals surface area contributed by atoms with Crippen LogP contribution in [0, 0.1) is 5.21 Å². The molecule has 2 aromatic rings. The van der Waals surface area contributed by atoms with E-state index in [1.54, 1.807) is 48.5 Å². The molecule has 0 bridgehead atoms. The molecule has 4 heteroatoms. The number of hydrogen-bond donors (Lipinski definition) is 3. The first kappa shape index (κ1) is 10.5. The maximum absolute atomic E-state index is 12.1. The average molecular weight is 215 g/mol. The number of rotatable bonds is 2. The molecule has 16 heavy (non-hydrogen) atoms. The van der Waals surface area contributed by atoms with E-state index in [-0.39, 0.29) is 5.06 Å². The third-order valence-corrected chi connectivity index (χ3v) is 2.41. The maximum atomic E-state index is 12.1.